The summed E-state index contributed by atoms with van der Waals surface area (Å²) in [6.07, 6.45) is 0. The van der Waals surface area contributed by atoms with Crippen LogP contribution in [0.2, 0.25) is 5.28 Å². The minimum absolute atomic E-state index is 0.285. The van der Waals surface area contributed by atoms with E-state index in [1.807, 2.05) is 29.6 Å². The molecule has 0 spiro atoms. The van der Waals surface area contributed by atoms with E-state index < -0.39 is 0 Å². The van der Waals surface area contributed by atoms with Crippen LogP contribution in [0, 0.1) is 0 Å². The predicted octanol–water partition coefficient (Wildman–Crippen LogP) is 5.68. The van der Waals surface area contributed by atoms with Crippen molar-refractivity contribution in [1.82, 2.24) is 9.97 Å². The molecule has 0 saturated heterocycles. The molecule has 4 heteroatoms. The minimum Gasteiger partial charge on any atom is -0.217 e. The molecule has 0 saturated carbocycles. The average Bonchev–Trinajstić information content (AvgIpc) is 3.03. The number of benzene rings is 2. The molecule has 0 radical (unpaired) electrons. The van der Waals surface area contributed by atoms with Gasteiger partial charge in [-0.3, -0.25) is 0 Å². The fourth-order valence-electron chi connectivity index (χ4n) is 2.48. The number of rotatable bonds is 2. The summed E-state index contributed by atoms with van der Waals surface area (Å²) in [7, 11) is 0. The van der Waals surface area contributed by atoms with E-state index in [0.29, 0.717) is 0 Å². The number of nitrogens with zero attached hydrogens (tertiary/aromatic N) is 2. The number of aromatic nitrogens is 2. The van der Waals surface area contributed by atoms with E-state index in [1.165, 1.54) is 11.1 Å². The van der Waals surface area contributed by atoms with Crippen molar-refractivity contribution in [2.75, 3.05) is 0 Å². The van der Waals surface area contributed by atoms with Gasteiger partial charge < -0.3 is 0 Å². The van der Waals surface area contributed by atoms with Crippen molar-refractivity contribution in [1.29, 1.82) is 0 Å². The smallest absolute Gasteiger partial charge is 0.217 e. The number of hydrogen-bond acceptors (Lipinski definition) is 3. The summed E-state index contributed by atoms with van der Waals surface area (Å²) in [4.78, 5) is 8.66. The highest BCUT2D eigenvalue weighted by Gasteiger charge is 2.10. The van der Waals surface area contributed by atoms with Gasteiger partial charge in [-0.2, -0.15) is 0 Å². The zero-order valence-electron chi connectivity index (χ0n) is 11.5. The van der Waals surface area contributed by atoms with E-state index >= 15 is 0 Å². The highest BCUT2D eigenvalue weighted by atomic mass is 35.5. The Labute approximate surface area is 137 Å². The molecule has 0 aliphatic carbocycles. The highest BCUT2D eigenvalue weighted by molar-refractivity contribution is 7.17. The second-order valence-corrected chi connectivity index (χ2v) is 6.17. The summed E-state index contributed by atoms with van der Waals surface area (Å²) in [6, 6.07) is 20.7. The van der Waals surface area contributed by atoms with Crippen LogP contribution in [-0.4, -0.2) is 9.97 Å². The van der Waals surface area contributed by atoms with Crippen LogP contribution in [0.25, 0.3) is 32.6 Å². The van der Waals surface area contributed by atoms with E-state index in [-0.39, 0.29) is 5.28 Å². The summed E-state index contributed by atoms with van der Waals surface area (Å²) in [5.74, 6) is 0. The Morgan fingerprint density at radius 1 is 0.727 bits per heavy atom. The van der Waals surface area contributed by atoms with Crippen LogP contribution in [0.5, 0.6) is 0 Å². The van der Waals surface area contributed by atoms with Crippen molar-refractivity contribution in [3.8, 4) is 22.4 Å². The van der Waals surface area contributed by atoms with Gasteiger partial charge in [0, 0.05) is 5.56 Å². The van der Waals surface area contributed by atoms with Crippen molar-refractivity contribution < 1.29 is 0 Å². The van der Waals surface area contributed by atoms with Crippen LogP contribution in [-0.2, 0) is 0 Å². The predicted molar refractivity (Wildman–Crippen MR) is 93.3 cm³/mol. The van der Waals surface area contributed by atoms with Gasteiger partial charge >= 0.3 is 0 Å². The Morgan fingerprint density at radius 3 is 2.18 bits per heavy atom. The molecule has 106 valence electrons. The fourth-order valence-corrected chi connectivity index (χ4v) is 3.50. The van der Waals surface area contributed by atoms with Crippen molar-refractivity contribution in [3.05, 3.63) is 71.3 Å². The first-order valence-electron chi connectivity index (χ1n) is 6.88. The summed E-state index contributed by atoms with van der Waals surface area (Å²) in [6.45, 7) is 0. The maximum atomic E-state index is 6.04. The molecule has 0 N–H and O–H groups in total. The van der Waals surface area contributed by atoms with Crippen LogP contribution in [0.1, 0.15) is 0 Å². The van der Waals surface area contributed by atoms with E-state index in [4.69, 9.17) is 11.6 Å². The average molecular weight is 323 g/mol. The molecule has 0 aliphatic heterocycles. The van der Waals surface area contributed by atoms with E-state index in [0.717, 1.165) is 21.5 Å². The quantitative estimate of drug-likeness (QED) is 0.444. The van der Waals surface area contributed by atoms with Gasteiger partial charge in [0.05, 0.1) is 15.9 Å². The topological polar surface area (TPSA) is 25.8 Å². The van der Waals surface area contributed by atoms with Crippen molar-refractivity contribution in [3.63, 3.8) is 0 Å². The number of halogens is 1. The van der Waals surface area contributed by atoms with Crippen LogP contribution < -0.4 is 0 Å². The molecule has 0 unspecified atom stereocenters. The number of hydrogen-bond donors (Lipinski definition) is 0. The molecule has 4 aromatic rings. The molecule has 0 fully saturated rings. The first kappa shape index (κ1) is 13.4. The van der Waals surface area contributed by atoms with Crippen molar-refractivity contribution in [2.24, 2.45) is 0 Å². The summed E-state index contributed by atoms with van der Waals surface area (Å²) < 4.78 is 1.07. The molecule has 0 bridgehead atoms. The lowest BCUT2D eigenvalue weighted by atomic mass is 10.0. The van der Waals surface area contributed by atoms with Crippen molar-refractivity contribution in [2.45, 2.75) is 0 Å². The summed E-state index contributed by atoms with van der Waals surface area (Å²) >= 11 is 7.67. The third-order valence-corrected chi connectivity index (χ3v) is 4.62. The molecule has 0 atom stereocenters. The zero-order valence-corrected chi connectivity index (χ0v) is 13.1. The molecular formula is C18H11ClN2S. The van der Waals surface area contributed by atoms with Gasteiger partial charge in [0.25, 0.3) is 0 Å². The van der Waals surface area contributed by atoms with Gasteiger partial charge in [0.15, 0.2) is 0 Å². The summed E-state index contributed by atoms with van der Waals surface area (Å²) in [5, 5.41) is 2.30. The SMILES string of the molecule is Clc1nc(-c2ccc(-c3ccccc3)cc2)c2sccc2n1. The van der Waals surface area contributed by atoms with Gasteiger partial charge in [0.2, 0.25) is 5.28 Å². The molecule has 2 heterocycles. The third-order valence-electron chi connectivity index (χ3n) is 3.54. The Balaban J connectivity index is 1.81. The molecule has 4 rings (SSSR count). The van der Waals surface area contributed by atoms with E-state index in [9.17, 15) is 0 Å². The standard InChI is InChI=1S/C18H11ClN2S/c19-18-20-15-10-11-22-17(15)16(21-18)14-8-6-13(7-9-14)12-4-2-1-3-5-12/h1-11H. The second kappa shape index (κ2) is 5.52. The van der Waals surface area contributed by atoms with Crippen LogP contribution >= 0.6 is 22.9 Å². The lowest BCUT2D eigenvalue weighted by Crippen LogP contribution is -1.88. The Morgan fingerprint density at radius 2 is 1.41 bits per heavy atom. The van der Waals surface area contributed by atoms with Gasteiger partial charge in [-0.1, -0.05) is 54.6 Å². The van der Waals surface area contributed by atoms with E-state index in [1.54, 1.807) is 11.3 Å². The zero-order chi connectivity index (χ0) is 14.9. The van der Waals surface area contributed by atoms with Crippen molar-refractivity contribution >= 4 is 33.2 Å². The minimum atomic E-state index is 0.285. The molecule has 0 amide bonds. The maximum absolute atomic E-state index is 6.04. The van der Waals surface area contributed by atoms with Gasteiger partial charge in [-0.05, 0) is 34.2 Å². The van der Waals surface area contributed by atoms with Crippen LogP contribution in [0.3, 0.4) is 0 Å². The molecule has 22 heavy (non-hydrogen) atoms. The maximum Gasteiger partial charge on any atom is 0.223 e. The lowest BCUT2D eigenvalue weighted by Gasteiger charge is -2.05. The largest absolute Gasteiger partial charge is 0.223 e. The number of fused-ring (bicyclic) bond motifs is 1. The Hall–Kier alpha value is -2.23. The van der Waals surface area contributed by atoms with Gasteiger partial charge in [0.1, 0.15) is 0 Å². The molecular weight excluding hydrogens is 312 g/mol. The second-order valence-electron chi connectivity index (χ2n) is 4.92. The molecule has 2 aromatic carbocycles. The normalized spacial score (nSPS) is 11.0. The third kappa shape index (κ3) is 2.39. The van der Waals surface area contributed by atoms with Gasteiger partial charge in [-0.15, -0.1) is 11.3 Å². The summed E-state index contributed by atoms with van der Waals surface area (Å²) in [5.41, 5.74) is 5.23. The Kier molecular flexibility index (Phi) is 3.37. The monoisotopic (exact) mass is 322 g/mol. The molecule has 0 aliphatic rings. The fraction of sp³-hybridized carbons (Fsp3) is 0. The van der Waals surface area contributed by atoms with Crippen LogP contribution in [0.15, 0.2) is 66.0 Å². The molecule has 2 nitrogen and oxygen atoms in total. The first-order chi connectivity index (χ1) is 10.8. The van der Waals surface area contributed by atoms with E-state index in [2.05, 4.69) is 46.4 Å². The molecule has 2 aromatic heterocycles. The van der Waals surface area contributed by atoms with Crippen LogP contribution in [0.4, 0.5) is 0 Å². The first-order valence-corrected chi connectivity index (χ1v) is 8.13. The Bertz CT molecular complexity index is 930. The lowest BCUT2D eigenvalue weighted by molar-refractivity contribution is 1.23. The highest BCUT2D eigenvalue weighted by Crippen LogP contribution is 2.32. The number of thiophene rings is 1. The van der Waals surface area contributed by atoms with Gasteiger partial charge in [-0.25, -0.2) is 9.97 Å².